The molecule has 0 amide bonds. The summed E-state index contributed by atoms with van der Waals surface area (Å²) in [7, 11) is 1.73. The summed E-state index contributed by atoms with van der Waals surface area (Å²) in [4.78, 5) is 0. The highest BCUT2D eigenvalue weighted by Crippen LogP contribution is 2.73. The van der Waals surface area contributed by atoms with Gasteiger partial charge in [0, 0.05) is 24.7 Å². The normalized spacial score (nSPS) is 44.9. The van der Waals surface area contributed by atoms with Gasteiger partial charge >= 0.3 is 0 Å². The summed E-state index contributed by atoms with van der Waals surface area (Å²) in [5.74, 6) is 0.846. The van der Waals surface area contributed by atoms with Crippen LogP contribution in [0.2, 0.25) is 0 Å². The maximum absolute atomic E-state index is 11.5. The molecule has 0 aromatic carbocycles. The van der Waals surface area contributed by atoms with Gasteiger partial charge in [-0.25, -0.2) is 0 Å². The van der Waals surface area contributed by atoms with Gasteiger partial charge in [0.1, 0.15) is 17.5 Å². The maximum atomic E-state index is 11.5. The lowest BCUT2D eigenvalue weighted by molar-refractivity contribution is -0.122. The van der Waals surface area contributed by atoms with Crippen LogP contribution in [0.1, 0.15) is 56.5 Å². The fourth-order valence-corrected chi connectivity index (χ4v) is 5.11. The molecule has 1 unspecified atom stereocenters. The van der Waals surface area contributed by atoms with Crippen molar-refractivity contribution in [1.82, 2.24) is 0 Å². The van der Waals surface area contributed by atoms with E-state index in [-0.39, 0.29) is 17.1 Å². The quantitative estimate of drug-likeness (QED) is 0.860. The van der Waals surface area contributed by atoms with E-state index in [1.807, 2.05) is 6.07 Å². The minimum Gasteiger partial charge on any atom is -0.466 e. The molecule has 2 aliphatic carbocycles. The van der Waals surface area contributed by atoms with Crippen molar-refractivity contribution in [3.63, 3.8) is 0 Å². The van der Waals surface area contributed by atoms with Gasteiger partial charge in [-0.2, -0.15) is 0 Å². The highest BCUT2D eigenvalue weighted by molar-refractivity contribution is 5.40. The van der Waals surface area contributed by atoms with Gasteiger partial charge in [-0.15, -0.1) is 0 Å². The largest absolute Gasteiger partial charge is 0.466 e. The van der Waals surface area contributed by atoms with E-state index in [0.717, 1.165) is 50.0 Å². The monoisotopic (exact) mass is 278 g/mol. The average molecular weight is 278 g/mol. The molecule has 4 rings (SSSR count). The van der Waals surface area contributed by atoms with Crippen LogP contribution in [-0.2, 0) is 15.1 Å². The van der Waals surface area contributed by atoms with Crippen LogP contribution in [0.15, 0.2) is 16.7 Å². The van der Waals surface area contributed by atoms with Gasteiger partial charge in [0.2, 0.25) is 0 Å². The van der Waals surface area contributed by atoms with Crippen LogP contribution >= 0.6 is 0 Å². The van der Waals surface area contributed by atoms with E-state index >= 15 is 0 Å². The van der Waals surface area contributed by atoms with Crippen molar-refractivity contribution in [2.45, 2.75) is 56.3 Å². The van der Waals surface area contributed by atoms with Gasteiger partial charge in [-0.3, -0.25) is 0 Å². The molecule has 2 fully saturated rings. The van der Waals surface area contributed by atoms with Crippen LogP contribution in [-0.4, -0.2) is 24.4 Å². The molecule has 4 atom stereocenters. The molecule has 2 heterocycles. The molecule has 1 saturated carbocycles. The molecule has 3 aliphatic rings. The Kier molecular flexibility index (Phi) is 2.49. The molecule has 20 heavy (non-hydrogen) atoms. The number of methoxy groups -OCH3 is 1. The zero-order valence-electron chi connectivity index (χ0n) is 12.1. The molecule has 4 heteroatoms. The Morgan fingerprint density at radius 2 is 2.30 bits per heavy atom. The number of ether oxygens (including phenoxy) is 2. The second-order valence-corrected chi connectivity index (χ2v) is 6.78. The third-order valence-corrected chi connectivity index (χ3v) is 6.09. The fraction of sp³-hybridized carbons (Fsp3) is 0.750. The number of aliphatic hydroxyl groups is 1. The first-order chi connectivity index (χ1) is 9.56. The Morgan fingerprint density at radius 3 is 3.10 bits per heavy atom. The summed E-state index contributed by atoms with van der Waals surface area (Å²) in [6.07, 6.45) is 6.13. The van der Waals surface area contributed by atoms with E-state index < -0.39 is 5.60 Å². The molecule has 2 bridgehead atoms. The lowest BCUT2D eigenvalue weighted by Gasteiger charge is -2.46. The molecule has 0 radical (unpaired) electrons. The Bertz CT molecular complexity index is 538. The summed E-state index contributed by atoms with van der Waals surface area (Å²) in [6.45, 7) is 2.90. The molecular weight excluding hydrogens is 256 g/mol. The summed E-state index contributed by atoms with van der Waals surface area (Å²) in [5, 5.41) is 11.5. The Hall–Kier alpha value is -0.840. The Morgan fingerprint density at radius 1 is 1.45 bits per heavy atom. The number of rotatable bonds is 4. The van der Waals surface area contributed by atoms with E-state index in [4.69, 9.17) is 13.9 Å². The number of hydrogen-bond acceptors (Lipinski definition) is 4. The highest BCUT2D eigenvalue weighted by Gasteiger charge is 2.74. The van der Waals surface area contributed by atoms with Crippen molar-refractivity contribution in [2.75, 3.05) is 13.7 Å². The van der Waals surface area contributed by atoms with Crippen LogP contribution in [0.4, 0.5) is 0 Å². The van der Waals surface area contributed by atoms with Gasteiger partial charge in [-0.05, 0) is 45.1 Å². The molecule has 1 saturated heterocycles. The zero-order valence-corrected chi connectivity index (χ0v) is 12.1. The van der Waals surface area contributed by atoms with Crippen molar-refractivity contribution in [1.29, 1.82) is 0 Å². The molecule has 1 aliphatic heterocycles. The van der Waals surface area contributed by atoms with E-state index in [0.29, 0.717) is 0 Å². The van der Waals surface area contributed by atoms with Crippen LogP contribution in [0.3, 0.4) is 0 Å². The van der Waals surface area contributed by atoms with E-state index in [1.54, 1.807) is 13.4 Å². The van der Waals surface area contributed by atoms with Crippen molar-refractivity contribution >= 4 is 0 Å². The number of fused-ring (bicyclic) bond motifs is 4. The standard InChI is InChI=1S/C16H22O4/c1-14-6-7-16(17)11-4-9-19-13(11)12(20-14)10-15(14,16)5-3-8-18-2/h4,9,12,17H,3,5-8,10H2,1-2H3/t12-,14?,15+,16-/m0/s1. The molecule has 0 spiro atoms. The highest BCUT2D eigenvalue weighted by atomic mass is 16.5. The summed E-state index contributed by atoms with van der Waals surface area (Å²) in [6, 6.07) is 1.94. The summed E-state index contributed by atoms with van der Waals surface area (Å²) in [5.41, 5.74) is -0.278. The smallest absolute Gasteiger partial charge is 0.138 e. The van der Waals surface area contributed by atoms with Crippen LogP contribution in [0.25, 0.3) is 0 Å². The van der Waals surface area contributed by atoms with Crippen LogP contribution in [0, 0.1) is 5.41 Å². The summed E-state index contributed by atoms with van der Waals surface area (Å²) >= 11 is 0. The predicted molar refractivity (Wildman–Crippen MR) is 72.2 cm³/mol. The van der Waals surface area contributed by atoms with Crippen molar-refractivity contribution < 1.29 is 19.0 Å². The Balaban J connectivity index is 1.82. The van der Waals surface area contributed by atoms with Gasteiger partial charge in [0.15, 0.2) is 0 Å². The zero-order chi connectivity index (χ0) is 14.0. The first-order valence-corrected chi connectivity index (χ1v) is 7.53. The molecule has 1 aromatic heterocycles. The van der Waals surface area contributed by atoms with Gasteiger partial charge in [-0.1, -0.05) is 0 Å². The Labute approximate surface area is 119 Å². The van der Waals surface area contributed by atoms with E-state index in [9.17, 15) is 5.11 Å². The van der Waals surface area contributed by atoms with E-state index in [2.05, 4.69) is 6.92 Å². The lowest BCUT2D eigenvalue weighted by Crippen LogP contribution is -2.50. The summed E-state index contributed by atoms with van der Waals surface area (Å²) < 4.78 is 17.2. The second-order valence-electron chi connectivity index (χ2n) is 6.78. The van der Waals surface area contributed by atoms with Crippen molar-refractivity contribution in [3.8, 4) is 0 Å². The first-order valence-electron chi connectivity index (χ1n) is 7.53. The second kappa shape index (κ2) is 3.87. The average Bonchev–Trinajstić information content (AvgIpc) is 3.04. The number of furan rings is 1. The fourth-order valence-electron chi connectivity index (χ4n) is 5.11. The SMILES string of the molecule is COCCC[C@@]12C[C@@H]3OC1(C)CC[C@]2(O)c1ccoc13. The van der Waals surface area contributed by atoms with E-state index in [1.165, 1.54) is 0 Å². The number of hydrogen-bond donors (Lipinski definition) is 1. The third kappa shape index (κ3) is 1.24. The molecule has 4 nitrogen and oxygen atoms in total. The molecule has 110 valence electrons. The van der Waals surface area contributed by atoms with Crippen LogP contribution in [0.5, 0.6) is 0 Å². The molecular formula is C16H22O4. The van der Waals surface area contributed by atoms with Gasteiger partial charge in [0.25, 0.3) is 0 Å². The first kappa shape index (κ1) is 12.9. The lowest BCUT2D eigenvalue weighted by atomic mass is 9.59. The third-order valence-electron chi connectivity index (χ3n) is 6.09. The minimum atomic E-state index is -0.801. The maximum Gasteiger partial charge on any atom is 0.138 e. The van der Waals surface area contributed by atoms with Crippen molar-refractivity contribution in [3.05, 3.63) is 23.7 Å². The topological polar surface area (TPSA) is 51.8 Å². The minimum absolute atomic E-state index is 0.00752. The van der Waals surface area contributed by atoms with Crippen LogP contribution < -0.4 is 0 Å². The molecule has 1 aromatic rings. The predicted octanol–water partition coefficient (Wildman–Crippen LogP) is 2.91. The van der Waals surface area contributed by atoms with Gasteiger partial charge < -0.3 is 19.0 Å². The van der Waals surface area contributed by atoms with Crippen molar-refractivity contribution in [2.24, 2.45) is 5.41 Å². The molecule has 1 N–H and O–H groups in total. The van der Waals surface area contributed by atoms with Gasteiger partial charge in [0.05, 0.1) is 11.9 Å².